The maximum Gasteiger partial charge on any atom is 0.224 e. The van der Waals surface area contributed by atoms with Crippen molar-refractivity contribution in [3.8, 4) is 11.8 Å². The molecule has 0 aliphatic carbocycles. The van der Waals surface area contributed by atoms with E-state index in [1.807, 2.05) is 6.07 Å². The summed E-state index contributed by atoms with van der Waals surface area (Å²) < 4.78 is 1.68. The van der Waals surface area contributed by atoms with E-state index in [2.05, 4.69) is 13.8 Å². The summed E-state index contributed by atoms with van der Waals surface area (Å²) in [7, 11) is 0. The summed E-state index contributed by atoms with van der Waals surface area (Å²) in [6.45, 7) is 4.95. The van der Waals surface area contributed by atoms with Gasteiger partial charge >= 0.3 is 0 Å². The molecule has 0 spiro atoms. The first-order valence-electron chi connectivity index (χ1n) is 6.46. The maximum absolute atomic E-state index is 11.3. The van der Waals surface area contributed by atoms with Crippen molar-refractivity contribution in [3.05, 3.63) is 28.2 Å². The van der Waals surface area contributed by atoms with Crippen LogP contribution in [0.4, 0.5) is 0 Å². The molecular weight excluding hydrogens is 228 g/mol. The average Bonchev–Trinajstić information content (AvgIpc) is 2.38. The van der Waals surface area contributed by atoms with Crippen molar-refractivity contribution < 1.29 is 5.11 Å². The van der Waals surface area contributed by atoms with Gasteiger partial charge in [0.1, 0.15) is 6.07 Å². The van der Waals surface area contributed by atoms with Crippen LogP contribution in [0.2, 0.25) is 0 Å². The first-order chi connectivity index (χ1) is 8.63. The standard InChI is InChI=1S/C14H20N2O2/c1-3-5-6-11(4-2)10-16-8-7-13(17)14(18)12(16)9-15/h7-8,11,18H,3-6,10H2,1-2H3. The number of hydrogen-bond acceptors (Lipinski definition) is 3. The van der Waals surface area contributed by atoms with Gasteiger partial charge in [-0.3, -0.25) is 4.79 Å². The van der Waals surface area contributed by atoms with Gasteiger partial charge in [0.2, 0.25) is 5.43 Å². The molecule has 0 aromatic carbocycles. The molecule has 0 radical (unpaired) electrons. The van der Waals surface area contributed by atoms with E-state index in [0.29, 0.717) is 12.5 Å². The third-order valence-electron chi connectivity index (χ3n) is 3.25. The Morgan fingerprint density at radius 1 is 1.50 bits per heavy atom. The fraction of sp³-hybridized carbons (Fsp3) is 0.571. The van der Waals surface area contributed by atoms with E-state index in [1.54, 1.807) is 10.8 Å². The lowest BCUT2D eigenvalue weighted by atomic mass is 9.99. The molecule has 1 unspecified atom stereocenters. The molecule has 1 atom stereocenters. The van der Waals surface area contributed by atoms with Crippen LogP contribution in [0, 0.1) is 17.2 Å². The van der Waals surface area contributed by atoms with Crippen LogP contribution >= 0.6 is 0 Å². The Labute approximate surface area is 107 Å². The van der Waals surface area contributed by atoms with E-state index < -0.39 is 11.2 Å². The van der Waals surface area contributed by atoms with Crippen molar-refractivity contribution in [1.29, 1.82) is 5.26 Å². The predicted octanol–water partition coefficient (Wildman–Crippen LogP) is 2.64. The van der Waals surface area contributed by atoms with Crippen LogP contribution in [-0.4, -0.2) is 9.67 Å². The minimum absolute atomic E-state index is 0.0671. The van der Waals surface area contributed by atoms with Crippen molar-refractivity contribution in [3.63, 3.8) is 0 Å². The number of unbranched alkanes of at least 4 members (excludes halogenated alkanes) is 1. The summed E-state index contributed by atoms with van der Waals surface area (Å²) in [6, 6.07) is 3.21. The molecule has 18 heavy (non-hydrogen) atoms. The summed E-state index contributed by atoms with van der Waals surface area (Å²) in [5, 5.41) is 18.6. The van der Waals surface area contributed by atoms with Crippen LogP contribution in [0.1, 0.15) is 45.2 Å². The molecule has 1 rings (SSSR count). The highest BCUT2D eigenvalue weighted by Crippen LogP contribution is 2.18. The highest BCUT2D eigenvalue weighted by Gasteiger charge is 2.13. The lowest BCUT2D eigenvalue weighted by Crippen LogP contribution is -2.16. The highest BCUT2D eigenvalue weighted by atomic mass is 16.3. The quantitative estimate of drug-likeness (QED) is 0.841. The van der Waals surface area contributed by atoms with Gasteiger partial charge in [-0.1, -0.05) is 33.1 Å². The van der Waals surface area contributed by atoms with E-state index in [9.17, 15) is 9.90 Å². The van der Waals surface area contributed by atoms with Crippen LogP contribution in [0.25, 0.3) is 0 Å². The van der Waals surface area contributed by atoms with Gasteiger partial charge in [-0.05, 0) is 12.3 Å². The number of rotatable bonds is 6. The van der Waals surface area contributed by atoms with Crippen molar-refractivity contribution in [2.45, 2.75) is 46.1 Å². The Kier molecular flexibility index (Phi) is 5.44. The normalized spacial score (nSPS) is 12.1. The third kappa shape index (κ3) is 3.36. The second-order valence-electron chi connectivity index (χ2n) is 4.56. The Hall–Kier alpha value is -1.76. The van der Waals surface area contributed by atoms with Crippen LogP contribution in [0.3, 0.4) is 0 Å². The van der Waals surface area contributed by atoms with Gasteiger partial charge in [-0.2, -0.15) is 5.26 Å². The fourth-order valence-electron chi connectivity index (χ4n) is 2.03. The van der Waals surface area contributed by atoms with Gasteiger partial charge in [-0.25, -0.2) is 0 Å². The lowest BCUT2D eigenvalue weighted by molar-refractivity contribution is 0.381. The number of nitriles is 1. The molecule has 0 aliphatic heterocycles. The second kappa shape index (κ2) is 6.85. The molecule has 4 nitrogen and oxygen atoms in total. The molecule has 4 heteroatoms. The van der Waals surface area contributed by atoms with Gasteiger partial charge in [0.15, 0.2) is 11.4 Å². The number of hydrogen-bond donors (Lipinski definition) is 1. The van der Waals surface area contributed by atoms with Crippen molar-refractivity contribution >= 4 is 0 Å². The molecule has 0 saturated carbocycles. The Balaban J connectivity index is 2.93. The first kappa shape index (κ1) is 14.3. The zero-order valence-electron chi connectivity index (χ0n) is 11.0. The zero-order chi connectivity index (χ0) is 13.5. The maximum atomic E-state index is 11.3. The first-order valence-corrected chi connectivity index (χ1v) is 6.46. The molecular formula is C14H20N2O2. The summed E-state index contributed by atoms with van der Waals surface area (Å²) in [5.74, 6) is 0.0318. The molecule has 0 fully saturated rings. The predicted molar refractivity (Wildman–Crippen MR) is 70.4 cm³/mol. The summed E-state index contributed by atoms with van der Waals surface area (Å²) in [4.78, 5) is 11.3. The lowest BCUT2D eigenvalue weighted by Gasteiger charge is -2.18. The smallest absolute Gasteiger partial charge is 0.224 e. The minimum atomic E-state index is -0.496. The highest BCUT2D eigenvalue weighted by molar-refractivity contribution is 5.36. The summed E-state index contributed by atoms with van der Waals surface area (Å²) >= 11 is 0. The van der Waals surface area contributed by atoms with Crippen LogP contribution in [0.5, 0.6) is 5.75 Å². The molecule has 1 heterocycles. The fourth-order valence-corrected chi connectivity index (χ4v) is 2.03. The van der Waals surface area contributed by atoms with Crippen molar-refractivity contribution in [2.24, 2.45) is 5.92 Å². The van der Waals surface area contributed by atoms with Gasteiger partial charge in [0.25, 0.3) is 0 Å². The molecule has 98 valence electrons. The Morgan fingerprint density at radius 3 is 2.78 bits per heavy atom. The number of aromatic hydroxyl groups is 1. The van der Waals surface area contributed by atoms with E-state index in [-0.39, 0.29) is 5.69 Å². The van der Waals surface area contributed by atoms with Crippen LogP contribution in [0.15, 0.2) is 17.1 Å². The molecule has 1 aromatic rings. The topological polar surface area (TPSA) is 66.0 Å². The number of aromatic nitrogens is 1. The van der Waals surface area contributed by atoms with E-state index in [0.717, 1.165) is 25.7 Å². The van der Waals surface area contributed by atoms with Gasteiger partial charge in [-0.15, -0.1) is 0 Å². The van der Waals surface area contributed by atoms with E-state index in [1.165, 1.54) is 6.07 Å². The number of pyridine rings is 1. The number of nitrogens with zero attached hydrogens (tertiary/aromatic N) is 2. The van der Waals surface area contributed by atoms with Crippen molar-refractivity contribution in [2.75, 3.05) is 0 Å². The van der Waals surface area contributed by atoms with E-state index >= 15 is 0 Å². The summed E-state index contributed by atoms with van der Waals surface area (Å²) in [6.07, 6.45) is 6.03. The van der Waals surface area contributed by atoms with Gasteiger partial charge < -0.3 is 9.67 Å². The molecule has 0 amide bonds. The Bertz CT molecular complexity index is 486. The molecule has 1 N–H and O–H groups in total. The molecule has 1 aromatic heterocycles. The average molecular weight is 248 g/mol. The largest absolute Gasteiger partial charge is 0.502 e. The van der Waals surface area contributed by atoms with Crippen LogP contribution in [-0.2, 0) is 6.54 Å². The van der Waals surface area contributed by atoms with Gasteiger partial charge in [0.05, 0.1) is 0 Å². The SMILES string of the molecule is CCCCC(CC)Cn1ccc(=O)c(O)c1C#N. The van der Waals surface area contributed by atoms with E-state index in [4.69, 9.17) is 5.26 Å². The zero-order valence-corrected chi connectivity index (χ0v) is 11.0. The second-order valence-corrected chi connectivity index (χ2v) is 4.56. The molecule has 0 aliphatic rings. The molecule has 0 saturated heterocycles. The van der Waals surface area contributed by atoms with Crippen molar-refractivity contribution in [1.82, 2.24) is 4.57 Å². The monoisotopic (exact) mass is 248 g/mol. The minimum Gasteiger partial charge on any atom is -0.502 e. The Morgan fingerprint density at radius 2 is 2.22 bits per heavy atom. The van der Waals surface area contributed by atoms with Crippen LogP contribution < -0.4 is 5.43 Å². The molecule has 0 bridgehead atoms. The summed E-state index contributed by atoms with van der Waals surface area (Å²) in [5.41, 5.74) is -0.429. The van der Waals surface area contributed by atoms with Gasteiger partial charge in [0, 0.05) is 18.8 Å². The third-order valence-corrected chi connectivity index (χ3v) is 3.25.